The fraction of sp³-hybridized carbons (Fsp3) is 0.250. The number of thiazole rings is 1. The third-order valence-corrected chi connectivity index (χ3v) is 7.89. The molecule has 0 aliphatic carbocycles. The molecule has 3 aromatic rings. The summed E-state index contributed by atoms with van der Waals surface area (Å²) in [5.74, 6) is 0.316. The predicted molar refractivity (Wildman–Crippen MR) is 101 cm³/mol. The Morgan fingerprint density at radius 2 is 2.04 bits per heavy atom. The summed E-state index contributed by atoms with van der Waals surface area (Å²) in [5.41, 5.74) is 0.346. The van der Waals surface area contributed by atoms with E-state index in [4.69, 9.17) is 4.42 Å². The molecule has 7 nitrogen and oxygen atoms in total. The van der Waals surface area contributed by atoms with E-state index in [-0.39, 0.29) is 16.7 Å². The Balaban J connectivity index is 1.69. The Kier molecular flexibility index (Phi) is 5.28. The van der Waals surface area contributed by atoms with Gasteiger partial charge in [0.05, 0.1) is 12.8 Å². The Bertz CT molecular complexity index is 1020. The van der Waals surface area contributed by atoms with Crippen LogP contribution < -0.4 is 5.32 Å². The number of nitrogens with one attached hydrogen (secondary N) is 1. The van der Waals surface area contributed by atoms with Gasteiger partial charge in [-0.1, -0.05) is 0 Å². The number of rotatable bonds is 6. The normalized spacial score (nSPS) is 11.8. The van der Waals surface area contributed by atoms with E-state index in [1.54, 1.807) is 30.5 Å². The molecule has 1 N–H and O–H groups in total. The van der Waals surface area contributed by atoms with Crippen LogP contribution in [0.25, 0.3) is 10.8 Å². The van der Waals surface area contributed by atoms with Crippen LogP contribution in [0.4, 0.5) is 0 Å². The molecule has 0 atom stereocenters. The van der Waals surface area contributed by atoms with Gasteiger partial charge < -0.3 is 9.73 Å². The highest BCUT2D eigenvalue weighted by atomic mass is 32.2. The van der Waals surface area contributed by atoms with Gasteiger partial charge in [-0.3, -0.25) is 4.79 Å². The number of furan rings is 1. The van der Waals surface area contributed by atoms with E-state index in [0.717, 1.165) is 25.4 Å². The van der Waals surface area contributed by atoms with Gasteiger partial charge in [0.2, 0.25) is 0 Å². The zero-order chi connectivity index (χ0) is 18.9. The lowest BCUT2D eigenvalue weighted by atomic mass is 10.3. The molecule has 0 saturated carbocycles. The van der Waals surface area contributed by atoms with Crippen molar-refractivity contribution in [2.24, 2.45) is 0 Å². The second kappa shape index (κ2) is 7.31. The van der Waals surface area contributed by atoms with Crippen LogP contribution >= 0.6 is 22.7 Å². The van der Waals surface area contributed by atoms with Gasteiger partial charge in [0.1, 0.15) is 9.90 Å². The zero-order valence-corrected chi connectivity index (χ0v) is 16.8. The van der Waals surface area contributed by atoms with Crippen molar-refractivity contribution in [3.05, 3.63) is 46.0 Å². The molecule has 0 spiro atoms. The molecule has 3 rings (SSSR count). The number of carbonyl (C=O) groups is 1. The van der Waals surface area contributed by atoms with Crippen LogP contribution in [0.2, 0.25) is 0 Å². The molecule has 26 heavy (non-hydrogen) atoms. The first-order valence-corrected chi connectivity index (χ1v) is 10.7. The molecular weight excluding hydrogens is 394 g/mol. The molecule has 0 saturated heterocycles. The van der Waals surface area contributed by atoms with E-state index >= 15 is 0 Å². The number of amides is 1. The first-order chi connectivity index (χ1) is 12.3. The van der Waals surface area contributed by atoms with Crippen molar-refractivity contribution in [1.82, 2.24) is 14.6 Å². The average molecular weight is 412 g/mol. The number of thiophene rings is 1. The molecule has 0 radical (unpaired) electrons. The van der Waals surface area contributed by atoms with Crippen LogP contribution in [0.5, 0.6) is 0 Å². The fourth-order valence-electron chi connectivity index (χ4n) is 2.14. The van der Waals surface area contributed by atoms with Crippen molar-refractivity contribution in [1.29, 1.82) is 0 Å². The first kappa shape index (κ1) is 18.8. The van der Waals surface area contributed by atoms with Crippen molar-refractivity contribution in [3.8, 4) is 10.8 Å². The summed E-state index contributed by atoms with van der Waals surface area (Å²) in [6, 6.07) is 6.80. The maximum atomic E-state index is 12.4. The summed E-state index contributed by atoms with van der Waals surface area (Å²) in [7, 11) is -0.489. The molecule has 0 bridgehead atoms. The summed E-state index contributed by atoms with van der Waals surface area (Å²) in [5, 5.41) is 3.43. The Morgan fingerprint density at radius 3 is 2.69 bits per heavy atom. The number of carbonyl (C=O) groups excluding carboxylic acids is 1. The van der Waals surface area contributed by atoms with Gasteiger partial charge in [0.25, 0.3) is 15.9 Å². The van der Waals surface area contributed by atoms with Gasteiger partial charge in [-0.15, -0.1) is 22.7 Å². The van der Waals surface area contributed by atoms with Gasteiger partial charge in [-0.05, 0) is 31.2 Å². The molecule has 0 fully saturated rings. The van der Waals surface area contributed by atoms with E-state index in [0.29, 0.717) is 16.5 Å². The Labute approximate surface area is 159 Å². The first-order valence-electron chi connectivity index (χ1n) is 7.60. The lowest BCUT2D eigenvalue weighted by molar-refractivity contribution is 0.0946. The van der Waals surface area contributed by atoms with Crippen LogP contribution in [0, 0.1) is 6.92 Å². The van der Waals surface area contributed by atoms with Crippen molar-refractivity contribution in [2.45, 2.75) is 17.7 Å². The van der Waals surface area contributed by atoms with Gasteiger partial charge >= 0.3 is 0 Å². The maximum Gasteiger partial charge on any atom is 0.271 e. The van der Waals surface area contributed by atoms with E-state index in [1.807, 2.05) is 6.92 Å². The van der Waals surface area contributed by atoms with Crippen molar-refractivity contribution >= 4 is 38.6 Å². The average Bonchev–Trinajstić information content (AvgIpc) is 3.32. The number of aryl methyl sites for hydroxylation is 1. The van der Waals surface area contributed by atoms with Crippen molar-refractivity contribution in [3.63, 3.8) is 0 Å². The van der Waals surface area contributed by atoms with Crippen LogP contribution in [-0.2, 0) is 16.6 Å². The highest BCUT2D eigenvalue weighted by molar-refractivity contribution is 7.91. The summed E-state index contributed by atoms with van der Waals surface area (Å²) in [4.78, 5) is 18.3. The molecule has 0 aromatic carbocycles. The summed E-state index contributed by atoms with van der Waals surface area (Å²) >= 11 is 2.52. The Morgan fingerprint density at radius 1 is 1.27 bits per heavy atom. The van der Waals surface area contributed by atoms with Crippen LogP contribution in [0.1, 0.15) is 20.2 Å². The Hall–Kier alpha value is -2.01. The lowest BCUT2D eigenvalue weighted by Gasteiger charge is -2.08. The van der Waals surface area contributed by atoms with E-state index in [1.165, 1.54) is 25.4 Å². The zero-order valence-electron chi connectivity index (χ0n) is 14.3. The second-order valence-corrected chi connectivity index (χ2v) is 10.3. The minimum atomic E-state index is -3.46. The van der Waals surface area contributed by atoms with Crippen LogP contribution in [0.3, 0.4) is 0 Å². The van der Waals surface area contributed by atoms with Crippen LogP contribution in [0.15, 0.2) is 39.2 Å². The smallest absolute Gasteiger partial charge is 0.271 e. The predicted octanol–water partition coefficient (Wildman–Crippen LogP) is 2.95. The minimum absolute atomic E-state index is 0.236. The second-order valence-electron chi connectivity index (χ2n) is 5.59. The molecule has 0 aliphatic rings. The third-order valence-electron chi connectivity index (χ3n) is 3.54. The number of nitrogens with zero attached hydrogens (tertiary/aromatic N) is 2. The standard InChI is InChI=1S/C16H17N3O4S3/c1-10-14(18-16(24-10)12-5-4-8-23-12)15(20)17-9-11-6-7-13(25-11)26(21,22)19(2)3/h4-8H,9H2,1-3H3,(H,17,20). The highest BCUT2D eigenvalue weighted by Gasteiger charge is 2.21. The summed E-state index contributed by atoms with van der Waals surface area (Å²) < 4.78 is 30.9. The number of hydrogen-bond donors (Lipinski definition) is 1. The fourth-order valence-corrected chi connectivity index (χ4v) is 5.48. The molecular formula is C16H17N3O4S3. The van der Waals surface area contributed by atoms with E-state index in [9.17, 15) is 13.2 Å². The summed E-state index contributed by atoms with van der Waals surface area (Å²) in [6.45, 7) is 2.06. The molecule has 3 heterocycles. The van der Waals surface area contributed by atoms with Crippen molar-refractivity contribution < 1.29 is 17.6 Å². The molecule has 3 aromatic heterocycles. The monoisotopic (exact) mass is 411 g/mol. The van der Waals surface area contributed by atoms with Gasteiger partial charge in [0.15, 0.2) is 10.8 Å². The number of hydrogen-bond acceptors (Lipinski definition) is 7. The van der Waals surface area contributed by atoms with Gasteiger partial charge in [-0.2, -0.15) is 0 Å². The molecule has 0 aliphatic heterocycles. The maximum absolute atomic E-state index is 12.4. The summed E-state index contributed by atoms with van der Waals surface area (Å²) in [6.07, 6.45) is 1.56. The molecule has 10 heteroatoms. The molecule has 1 amide bonds. The third kappa shape index (κ3) is 3.73. The van der Waals surface area contributed by atoms with Crippen molar-refractivity contribution in [2.75, 3.05) is 14.1 Å². The molecule has 138 valence electrons. The largest absolute Gasteiger partial charge is 0.462 e. The van der Waals surface area contributed by atoms with Gasteiger partial charge in [0, 0.05) is 23.8 Å². The minimum Gasteiger partial charge on any atom is -0.462 e. The quantitative estimate of drug-likeness (QED) is 0.673. The van der Waals surface area contributed by atoms with E-state index < -0.39 is 10.0 Å². The topological polar surface area (TPSA) is 92.5 Å². The number of aromatic nitrogens is 1. The van der Waals surface area contributed by atoms with Crippen LogP contribution in [-0.4, -0.2) is 37.7 Å². The van der Waals surface area contributed by atoms with Gasteiger partial charge in [-0.25, -0.2) is 17.7 Å². The number of sulfonamides is 1. The SMILES string of the molecule is Cc1sc(-c2ccco2)nc1C(=O)NCc1ccc(S(=O)(=O)N(C)C)s1. The highest BCUT2D eigenvalue weighted by Crippen LogP contribution is 2.28. The lowest BCUT2D eigenvalue weighted by Crippen LogP contribution is -2.23. The van der Waals surface area contributed by atoms with E-state index in [2.05, 4.69) is 10.3 Å². The molecule has 0 unspecified atom stereocenters.